The van der Waals surface area contributed by atoms with E-state index in [9.17, 15) is 9.18 Å². The molecule has 5 aromatic rings. The van der Waals surface area contributed by atoms with Crippen LogP contribution in [-0.2, 0) is 6.54 Å². The van der Waals surface area contributed by atoms with Crippen LogP contribution in [0.25, 0.3) is 33.1 Å². The number of carbonyl (C=O) groups is 1. The summed E-state index contributed by atoms with van der Waals surface area (Å²) in [4.78, 5) is 21.4. The minimum atomic E-state index is -0.383. The molecule has 0 aliphatic carbocycles. The van der Waals surface area contributed by atoms with Gasteiger partial charge in [0.15, 0.2) is 5.65 Å². The number of hydrogen-bond acceptors (Lipinski definition) is 4. The largest absolute Gasteiger partial charge is 0.348 e. The molecule has 0 saturated heterocycles. The van der Waals surface area contributed by atoms with Crippen molar-refractivity contribution in [3.8, 4) is 11.1 Å². The molecule has 0 fully saturated rings. The van der Waals surface area contributed by atoms with Gasteiger partial charge in [-0.25, -0.2) is 9.37 Å². The Kier molecular flexibility index (Phi) is 5.79. The molecule has 0 spiro atoms. The fourth-order valence-corrected chi connectivity index (χ4v) is 4.93. The molecular formula is C24H16FIN4OS. The predicted octanol–water partition coefficient (Wildman–Crippen LogP) is 6.17. The van der Waals surface area contributed by atoms with Gasteiger partial charge in [0.05, 0.1) is 5.56 Å². The third kappa shape index (κ3) is 3.95. The highest BCUT2D eigenvalue weighted by atomic mass is 127. The number of benzene rings is 2. The Balaban J connectivity index is 1.56. The minimum absolute atomic E-state index is 0.210. The molecule has 0 atom stereocenters. The molecule has 0 aliphatic rings. The molecule has 5 nitrogen and oxygen atoms in total. The molecule has 5 rings (SSSR count). The van der Waals surface area contributed by atoms with Crippen molar-refractivity contribution in [1.29, 1.82) is 0 Å². The van der Waals surface area contributed by atoms with Gasteiger partial charge in [-0.3, -0.25) is 13.8 Å². The van der Waals surface area contributed by atoms with E-state index in [0.29, 0.717) is 28.8 Å². The van der Waals surface area contributed by atoms with E-state index in [1.165, 1.54) is 15.2 Å². The van der Waals surface area contributed by atoms with Gasteiger partial charge in [0, 0.05) is 71.8 Å². The van der Waals surface area contributed by atoms with Crippen molar-refractivity contribution in [1.82, 2.24) is 19.3 Å². The summed E-state index contributed by atoms with van der Waals surface area (Å²) in [5.74, 6) is -0.594. The molecular weight excluding hydrogens is 538 g/mol. The second-order valence-electron chi connectivity index (χ2n) is 7.23. The molecule has 3 aromatic heterocycles. The summed E-state index contributed by atoms with van der Waals surface area (Å²) in [6.07, 6.45) is 5.06. The number of rotatable bonds is 5. The summed E-state index contributed by atoms with van der Waals surface area (Å²) in [6, 6.07) is 18.5. The Morgan fingerprint density at radius 2 is 1.94 bits per heavy atom. The van der Waals surface area contributed by atoms with E-state index < -0.39 is 0 Å². The molecule has 3 heterocycles. The maximum Gasteiger partial charge on any atom is 0.253 e. The smallest absolute Gasteiger partial charge is 0.253 e. The molecule has 8 heteroatoms. The first kappa shape index (κ1) is 20.9. The van der Waals surface area contributed by atoms with Crippen LogP contribution in [-0.4, -0.2) is 19.8 Å². The molecule has 0 radical (unpaired) electrons. The Morgan fingerprint density at radius 3 is 2.75 bits per heavy atom. The highest BCUT2D eigenvalue weighted by Gasteiger charge is 2.17. The molecule has 0 unspecified atom stereocenters. The monoisotopic (exact) mass is 554 g/mol. The quantitative estimate of drug-likeness (QED) is 0.264. The fourth-order valence-electron chi connectivity index (χ4n) is 3.67. The molecule has 0 aliphatic heterocycles. The van der Waals surface area contributed by atoms with Gasteiger partial charge in [-0.2, -0.15) is 0 Å². The number of pyridine rings is 2. The summed E-state index contributed by atoms with van der Waals surface area (Å²) >= 11 is 2.17. The topological polar surface area (TPSA) is 59.8 Å². The predicted molar refractivity (Wildman–Crippen MR) is 135 cm³/mol. The molecule has 2 aromatic carbocycles. The first-order chi connectivity index (χ1) is 15.6. The van der Waals surface area contributed by atoms with Crippen LogP contribution < -0.4 is 5.32 Å². The number of halogens is 2. The lowest BCUT2D eigenvalue weighted by Crippen LogP contribution is -2.22. The van der Waals surface area contributed by atoms with Crippen molar-refractivity contribution in [3.05, 3.63) is 96.2 Å². The Bertz CT molecular complexity index is 1460. The van der Waals surface area contributed by atoms with E-state index in [2.05, 4.69) is 36.5 Å². The van der Waals surface area contributed by atoms with Crippen LogP contribution in [0.5, 0.6) is 0 Å². The van der Waals surface area contributed by atoms with Crippen molar-refractivity contribution < 1.29 is 9.18 Å². The van der Waals surface area contributed by atoms with Gasteiger partial charge in [0.1, 0.15) is 11.3 Å². The zero-order valence-electron chi connectivity index (χ0n) is 16.6. The van der Waals surface area contributed by atoms with E-state index in [-0.39, 0.29) is 11.7 Å². The van der Waals surface area contributed by atoms with Crippen molar-refractivity contribution in [2.45, 2.75) is 6.54 Å². The molecule has 0 bridgehead atoms. The fraction of sp³-hybridized carbons (Fsp3) is 0.0417. The van der Waals surface area contributed by atoms with Gasteiger partial charge in [-0.05, 0) is 35.4 Å². The summed E-state index contributed by atoms with van der Waals surface area (Å²) in [6.45, 7) is 0.429. The molecule has 1 amide bonds. The Labute approximate surface area is 199 Å². The van der Waals surface area contributed by atoms with Gasteiger partial charge < -0.3 is 5.32 Å². The Hall–Kier alpha value is -2.98. The number of carbonyl (C=O) groups excluding carboxylic acids is 1. The van der Waals surface area contributed by atoms with Gasteiger partial charge in [-0.15, -0.1) is 0 Å². The second kappa shape index (κ2) is 8.87. The second-order valence-corrected chi connectivity index (χ2v) is 8.95. The van der Waals surface area contributed by atoms with Crippen LogP contribution in [0, 0.1) is 5.82 Å². The van der Waals surface area contributed by atoms with Crippen LogP contribution in [0.3, 0.4) is 0 Å². The summed E-state index contributed by atoms with van der Waals surface area (Å²) in [7, 11) is 1.46. The van der Waals surface area contributed by atoms with Crippen LogP contribution in [0.1, 0.15) is 15.9 Å². The average molecular weight is 554 g/mol. The lowest BCUT2D eigenvalue weighted by Gasteiger charge is -2.07. The lowest BCUT2D eigenvalue weighted by molar-refractivity contribution is 0.0950. The third-order valence-corrected chi connectivity index (χ3v) is 6.91. The zero-order chi connectivity index (χ0) is 22.1. The van der Waals surface area contributed by atoms with E-state index in [4.69, 9.17) is 0 Å². The van der Waals surface area contributed by atoms with Crippen molar-refractivity contribution >= 4 is 58.2 Å². The highest BCUT2D eigenvalue weighted by Crippen LogP contribution is 2.36. The summed E-state index contributed by atoms with van der Waals surface area (Å²) in [5.41, 5.74) is 4.03. The molecule has 158 valence electrons. The van der Waals surface area contributed by atoms with E-state index in [1.54, 1.807) is 18.5 Å². The number of nitrogens with zero attached hydrogens (tertiary/aromatic N) is 3. The van der Waals surface area contributed by atoms with E-state index >= 15 is 0 Å². The van der Waals surface area contributed by atoms with Gasteiger partial charge >= 0.3 is 0 Å². The average Bonchev–Trinajstić information content (AvgIpc) is 3.21. The van der Waals surface area contributed by atoms with Crippen molar-refractivity contribution in [2.75, 3.05) is 0 Å². The van der Waals surface area contributed by atoms with Crippen LogP contribution in [0.4, 0.5) is 4.39 Å². The molecule has 32 heavy (non-hydrogen) atoms. The van der Waals surface area contributed by atoms with Gasteiger partial charge in [-0.1, -0.05) is 36.4 Å². The molecule has 0 saturated carbocycles. The summed E-state index contributed by atoms with van der Waals surface area (Å²) < 4.78 is 16.6. The van der Waals surface area contributed by atoms with Gasteiger partial charge in [0.2, 0.25) is 0 Å². The first-order valence-corrected chi connectivity index (χ1v) is 13.1. The Morgan fingerprint density at radius 1 is 1.09 bits per heavy atom. The number of aromatic nitrogens is 3. The number of amides is 1. The van der Waals surface area contributed by atoms with E-state index in [0.717, 1.165) is 21.9 Å². The number of nitrogens with one attached hydrogen (secondary N) is 1. The standard InChI is InChI=1S/C24H16FIN4OS/c25-21-11-17(9-16-7-4-8-27-22(16)21)20-14-30(32-26)23-19(20)10-18(13-28-23)24(31)29-12-15-5-2-1-3-6-15/h1-11,13-14H,12H2,(H,29,31). The van der Waals surface area contributed by atoms with Crippen molar-refractivity contribution in [3.63, 3.8) is 0 Å². The first-order valence-electron chi connectivity index (χ1n) is 9.81. The van der Waals surface area contributed by atoms with E-state index in [1.807, 2.05) is 58.7 Å². The summed E-state index contributed by atoms with van der Waals surface area (Å²) in [5, 5.41) is 4.43. The highest BCUT2D eigenvalue weighted by molar-refractivity contribution is 14.2. The maximum absolute atomic E-state index is 14.7. The SMILES string of the molecule is O=C(NCc1ccccc1)c1cnc2c(c1)c(-c1cc(F)c3ncccc3c1)cn2SI. The third-order valence-electron chi connectivity index (χ3n) is 5.21. The number of hydrogen-bond donors (Lipinski definition) is 1. The maximum atomic E-state index is 14.7. The minimum Gasteiger partial charge on any atom is -0.348 e. The van der Waals surface area contributed by atoms with Crippen LogP contribution >= 0.6 is 30.3 Å². The molecule has 1 N–H and O–H groups in total. The zero-order valence-corrected chi connectivity index (χ0v) is 19.6. The van der Waals surface area contributed by atoms with Crippen LogP contribution in [0.15, 0.2) is 79.3 Å². The van der Waals surface area contributed by atoms with Crippen LogP contribution in [0.2, 0.25) is 0 Å². The van der Waals surface area contributed by atoms with Gasteiger partial charge in [0.25, 0.3) is 5.91 Å². The normalized spacial score (nSPS) is 11.2. The van der Waals surface area contributed by atoms with Crippen molar-refractivity contribution in [2.24, 2.45) is 0 Å². The lowest BCUT2D eigenvalue weighted by atomic mass is 10.0. The number of fused-ring (bicyclic) bond motifs is 2.